The molecule has 112 valence electrons. The van der Waals surface area contributed by atoms with Crippen molar-refractivity contribution in [3.05, 3.63) is 35.9 Å². The van der Waals surface area contributed by atoms with Gasteiger partial charge in [0.15, 0.2) is 0 Å². The predicted octanol–water partition coefficient (Wildman–Crippen LogP) is 5.13. The predicted molar refractivity (Wildman–Crippen MR) is 89.7 cm³/mol. The van der Waals surface area contributed by atoms with Crippen LogP contribution in [-0.2, 0) is 0 Å². The Bertz CT molecular complexity index is 327. The lowest BCUT2D eigenvalue weighted by Gasteiger charge is -2.12. The van der Waals surface area contributed by atoms with Crippen molar-refractivity contribution in [1.29, 1.82) is 0 Å². The lowest BCUT2D eigenvalue weighted by Crippen LogP contribution is -2.22. The van der Waals surface area contributed by atoms with Crippen molar-refractivity contribution in [2.45, 2.75) is 54.1 Å². The first-order chi connectivity index (χ1) is 9.17. The van der Waals surface area contributed by atoms with Gasteiger partial charge >= 0.3 is 0 Å². The van der Waals surface area contributed by atoms with Crippen molar-refractivity contribution in [3.8, 4) is 5.75 Å². The van der Waals surface area contributed by atoms with Gasteiger partial charge in [-0.25, -0.2) is 0 Å². The van der Waals surface area contributed by atoms with Crippen LogP contribution in [0.3, 0.4) is 0 Å². The zero-order valence-electron chi connectivity index (χ0n) is 13.4. The van der Waals surface area contributed by atoms with E-state index in [0.29, 0.717) is 6.54 Å². The van der Waals surface area contributed by atoms with E-state index in [2.05, 4.69) is 13.8 Å². The lowest BCUT2D eigenvalue weighted by molar-refractivity contribution is 0.230. The molecular weight excluding hydrogens is 234 g/mol. The van der Waals surface area contributed by atoms with E-state index in [0.717, 1.165) is 11.3 Å². The molecule has 0 saturated carbocycles. The summed E-state index contributed by atoms with van der Waals surface area (Å²) in [5, 5.41) is 0. The third-order valence-corrected chi connectivity index (χ3v) is 1.89. The van der Waals surface area contributed by atoms with Gasteiger partial charge in [-0.3, -0.25) is 0 Å². The number of benzene rings is 1. The van der Waals surface area contributed by atoms with Crippen LogP contribution in [0.1, 0.15) is 55.0 Å². The molecule has 0 bridgehead atoms. The molecule has 1 rings (SSSR count). The molecule has 0 heterocycles. The van der Waals surface area contributed by atoms with Gasteiger partial charge in [0, 0.05) is 7.97 Å². The van der Waals surface area contributed by atoms with E-state index in [-0.39, 0.29) is 7.53 Å². The molecule has 1 atom stereocenters. The highest BCUT2D eigenvalue weighted by atomic mass is 16.5. The molecule has 2 N–H and O–H groups in total. The summed E-state index contributed by atoms with van der Waals surface area (Å²) in [6, 6.07) is 7.97. The maximum atomic E-state index is 5.59. The smallest absolute Gasteiger partial charge is 0.120 e. The normalized spacial score (nSPS) is 10.9. The summed E-state index contributed by atoms with van der Waals surface area (Å²) in [5.74, 6) is 0.874. The number of ether oxygens (including phenoxy) is 1. The van der Waals surface area contributed by atoms with Crippen molar-refractivity contribution >= 4 is 6.08 Å². The van der Waals surface area contributed by atoms with Gasteiger partial charge in [0.1, 0.15) is 11.9 Å². The number of hydrogen-bond donors (Lipinski definition) is 1. The first kappa shape index (κ1) is 20.0. The van der Waals surface area contributed by atoms with Gasteiger partial charge in [0.2, 0.25) is 0 Å². The Hall–Kier alpha value is -1.28. The van der Waals surface area contributed by atoms with Crippen LogP contribution in [0.25, 0.3) is 6.08 Å². The zero-order chi connectivity index (χ0) is 15.1. The maximum absolute atomic E-state index is 5.59. The Morgan fingerprint density at radius 2 is 1.89 bits per heavy atom. The molecule has 0 fully saturated rings. The first-order valence-electron chi connectivity index (χ1n) is 7.27. The van der Waals surface area contributed by atoms with Crippen molar-refractivity contribution in [2.75, 3.05) is 6.54 Å². The number of hydrogen-bond acceptors (Lipinski definition) is 2. The van der Waals surface area contributed by atoms with Crippen molar-refractivity contribution < 1.29 is 6.16 Å². The van der Waals surface area contributed by atoms with Gasteiger partial charge in [-0.05, 0) is 31.5 Å². The Morgan fingerprint density at radius 1 is 1.32 bits per heavy atom. The Morgan fingerprint density at radius 3 is 2.37 bits per heavy atom. The highest BCUT2D eigenvalue weighted by molar-refractivity contribution is 5.51. The van der Waals surface area contributed by atoms with E-state index in [1.165, 1.54) is 6.42 Å². The van der Waals surface area contributed by atoms with Crippen LogP contribution < -0.4 is 10.5 Å². The number of allylic oxidation sites excluding steroid dienone is 1. The quantitative estimate of drug-likeness (QED) is 0.820. The molecule has 0 radical (unpaired) electrons. The second-order valence-electron chi connectivity index (χ2n) is 3.94. The summed E-state index contributed by atoms with van der Waals surface area (Å²) in [7, 11) is 0. The fourth-order valence-electron chi connectivity index (χ4n) is 1.16. The summed E-state index contributed by atoms with van der Waals surface area (Å²) in [6.07, 6.45) is 5.36. The van der Waals surface area contributed by atoms with E-state index in [1.54, 1.807) is 0 Å². The van der Waals surface area contributed by atoms with Gasteiger partial charge < -0.3 is 10.5 Å². The Labute approximate surface area is 121 Å². The largest absolute Gasteiger partial charge is 0.489 e. The molecule has 1 aromatic carbocycles. The minimum absolute atomic E-state index is 0. The third-order valence-electron chi connectivity index (χ3n) is 1.89. The second-order valence-corrected chi connectivity index (χ2v) is 3.94. The first-order valence-corrected chi connectivity index (χ1v) is 7.27. The lowest BCUT2D eigenvalue weighted by atomic mass is 10.2. The van der Waals surface area contributed by atoms with Crippen molar-refractivity contribution in [1.82, 2.24) is 0 Å². The monoisotopic (exact) mass is 267 g/mol. The molecule has 0 aliphatic carbocycles. The molecule has 1 aromatic rings. The van der Waals surface area contributed by atoms with Gasteiger partial charge in [0.05, 0.1) is 0 Å². The SMILES string of the molecule is C/C=C/c1cccc(O[C@H](C)CN)c1.CC.CCC.[HH]. The minimum atomic E-state index is 0. The van der Waals surface area contributed by atoms with E-state index < -0.39 is 0 Å². The molecule has 0 aliphatic heterocycles. The molecule has 0 aromatic heterocycles. The molecule has 0 amide bonds. The van der Waals surface area contributed by atoms with Gasteiger partial charge in [-0.15, -0.1) is 0 Å². The number of rotatable bonds is 4. The standard InChI is InChI=1S/C12H17NO.C3H8.C2H6.H2/c1-3-5-11-6-4-7-12(8-11)14-10(2)9-13;1-3-2;1-2;/h3-8,10H,9,13H2,1-2H3;3H2,1-2H3;1-2H3;1H/b5-3+;;;/t10-;;;/m1.../s1. The van der Waals surface area contributed by atoms with E-state index in [9.17, 15) is 0 Å². The maximum Gasteiger partial charge on any atom is 0.120 e. The van der Waals surface area contributed by atoms with Crippen LogP contribution in [0.2, 0.25) is 0 Å². The second kappa shape index (κ2) is 14.8. The molecular formula is C17H33NO. The van der Waals surface area contributed by atoms with Gasteiger partial charge in [0.25, 0.3) is 0 Å². The average Bonchev–Trinajstić information content (AvgIpc) is 2.42. The van der Waals surface area contributed by atoms with Crippen LogP contribution >= 0.6 is 0 Å². The van der Waals surface area contributed by atoms with Crippen LogP contribution in [0.5, 0.6) is 5.75 Å². The van der Waals surface area contributed by atoms with Crippen molar-refractivity contribution in [2.24, 2.45) is 5.73 Å². The number of nitrogens with two attached hydrogens (primary N) is 1. The molecule has 19 heavy (non-hydrogen) atoms. The summed E-state index contributed by atoms with van der Waals surface area (Å²) in [6.45, 7) is 12.7. The van der Waals surface area contributed by atoms with Crippen LogP contribution in [0, 0.1) is 0 Å². The topological polar surface area (TPSA) is 35.2 Å². The van der Waals surface area contributed by atoms with E-state index in [4.69, 9.17) is 10.5 Å². The van der Waals surface area contributed by atoms with Crippen LogP contribution in [0.4, 0.5) is 0 Å². The fraction of sp³-hybridized carbons (Fsp3) is 0.529. The molecule has 0 spiro atoms. The summed E-state index contributed by atoms with van der Waals surface area (Å²) in [4.78, 5) is 0. The van der Waals surface area contributed by atoms with Crippen molar-refractivity contribution in [3.63, 3.8) is 0 Å². The Balaban J connectivity index is -0.000000426. The Kier molecular flexibility index (Phi) is 15.6. The third kappa shape index (κ3) is 11.5. The van der Waals surface area contributed by atoms with E-state index in [1.807, 2.05) is 64.1 Å². The zero-order valence-corrected chi connectivity index (χ0v) is 13.4. The highest BCUT2D eigenvalue weighted by Crippen LogP contribution is 2.15. The molecule has 2 nitrogen and oxygen atoms in total. The van der Waals surface area contributed by atoms with Crippen LogP contribution in [-0.4, -0.2) is 12.6 Å². The summed E-state index contributed by atoms with van der Waals surface area (Å²) >= 11 is 0. The highest BCUT2D eigenvalue weighted by Gasteiger charge is 2.00. The summed E-state index contributed by atoms with van der Waals surface area (Å²) in [5.41, 5.74) is 6.63. The summed E-state index contributed by atoms with van der Waals surface area (Å²) < 4.78 is 5.59. The molecule has 0 unspecified atom stereocenters. The minimum Gasteiger partial charge on any atom is -0.489 e. The fourth-order valence-corrected chi connectivity index (χ4v) is 1.16. The average molecular weight is 267 g/mol. The molecule has 2 heteroatoms. The molecule has 0 aliphatic rings. The molecule has 0 saturated heterocycles. The van der Waals surface area contributed by atoms with Gasteiger partial charge in [-0.2, -0.15) is 0 Å². The van der Waals surface area contributed by atoms with Crippen LogP contribution in [0.15, 0.2) is 30.3 Å². The van der Waals surface area contributed by atoms with Gasteiger partial charge in [-0.1, -0.05) is 58.4 Å². The van der Waals surface area contributed by atoms with E-state index >= 15 is 0 Å².